The third-order valence-electron chi connectivity index (χ3n) is 4.02. The summed E-state index contributed by atoms with van der Waals surface area (Å²) >= 11 is 0. The number of aromatic carboxylic acids is 1. The number of benzene rings is 2. The third-order valence-corrected chi connectivity index (χ3v) is 4.02. The molecule has 4 heteroatoms. The highest BCUT2D eigenvalue weighted by Gasteiger charge is 2.12. The van der Waals surface area contributed by atoms with E-state index in [1.54, 1.807) is 19.2 Å². The van der Waals surface area contributed by atoms with Gasteiger partial charge < -0.3 is 15.2 Å². The van der Waals surface area contributed by atoms with Crippen LogP contribution < -0.4 is 5.32 Å². The molecule has 0 aliphatic rings. The molecule has 24 heavy (non-hydrogen) atoms. The summed E-state index contributed by atoms with van der Waals surface area (Å²) in [6.07, 6.45) is 2.09. The summed E-state index contributed by atoms with van der Waals surface area (Å²) in [5, 5.41) is 12.8. The van der Waals surface area contributed by atoms with Crippen molar-refractivity contribution in [2.75, 3.05) is 13.7 Å². The summed E-state index contributed by atoms with van der Waals surface area (Å²) in [6.45, 7) is 3.40. The molecular formula is C20H25NO3. The number of methoxy groups -OCH3 is 1. The fourth-order valence-electron chi connectivity index (χ4n) is 2.82. The fraction of sp³-hybridized carbons (Fsp3) is 0.350. The number of nitrogens with one attached hydrogen (secondary N) is 1. The van der Waals surface area contributed by atoms with Crippen molar-refractivity contribution in [3.8, 4) is 11.1 Å². The highest BCUT2D eigenvalue weighted by atomic mass is 16.5. The average molecular weight is 327 g/mol. The first kappa shape index (κ1) is 18.2. The maximum absolute atomic E-state index is 11.3. The van der Waals surface area contributed by atoms with Gasteiger partial charge in [-0.05, 0) is 35.2 Å². The second-order valence-corrected chi connectivity index (χ2v) is 5.86. The van der Waals surface area contributed by atoms with E-state index < -0.39 is 5.97 Å². The zero-order chi connectivity index (χ0) is 17.4. The second-order valence-electron chi connectivity index (χ2n) is 5.86. The summed E-state index contributed by atoms with van der Waals surface area (Å²) in [7, 11) is 1.70. The van der Waals surface area contributed by atoms with Gasteiger partial charge in [-0.2, -0.15) is 0 Å². The van der Waals surface area contributed by atoms with Gasteiger partial charge in [-0.3, -0.25) is 0 Å². The van der Waals surface area contributed by atoms with Crippen LogP contribution >= 0.6 is 0 Å². The van der Waals surface area contributed by atoms with E-state index in [4.69, 9.17) is 4.74 Å². The summed E-state index contributed by atoms with van der Waals surface area (Å²) in [6, 6.07) is 15.6. The molecule has 0 saturated heterocycles. The normalized spacial score (nSPS) is 12.1. The Labute approximate surface area is 143 Å². The maximum Gasteiger partial charge on any atom is 0.335 e. The number of hydrogen-bond donors (Lipinski definition) is 2. The van der Waals surface area contributed by atoms with Gasteiger partial charge in [-0.25, -0.2) is 4.79 Å². The molecule has 0 amide bonds. The van der Waals surface area contributed by atoms with E-state index in [9.17, 15) is 9.90 Å². The number of carboxylic acid groups (broad SMARTS) is 1. The number of rotatable bonds is 9. The van der Waals surface area contributed by atoms with Crippen LogP contribution in [0.1, 0.15) is 35.7 Å². The number of hydrogen-bond acceptors (Lipinski definition) is 3. The van der Waals surface area contributed by atoms with E-state index in [-0.39, 0.29) is 6.04 Å². The first-order valence-electron chi connectivity index (χ1n) is 8.29. The molecule has 0 fully saturated rings. The van der Waals surface area contributed by atoms with Crippen LogP contribution in [0.3, 0.4) is 0 Å². The first-order chi connectivity index (χ1) is 11.7. The molecule has 4 nitrogen and oxygen atoms in total. The highest BCUT2D eigenvalue weighted by molar-refractivity contribution is 5.89. The SMILES string of the molecule is CCCC(COC)NCc1cc(C(=O)O)ccc1-c1ccccc1. The lowest BCUT2D eigenvalue weighted by Crippen LogP contribution is -2.32. The number of ether oxygens (including phenoxy) is 1. The van der Waals surface area contributed by atoms with E-state index in [0.29, 0.717) is 18.7 Å². The summed E-state index contributed by atoms with van der Waals surface area (Å²) < 4.78 is 5.27. The van der Waals surface area contributed by atoms with Crippen LogP contribution in [0.5, 0.6) is 0 Å². The van der Waals surface area contributed by atoms with Crippen molar-refractivity contribution in [2.24, 2.45) is 0 Å². The van der Waals surface area contributed by atoms with Gasteiger partial charge >= 0.3 is 5.97 Å². The largest absolute Gasteiger partial charge is 0.478 e. The van der Waals surface area contributed by atoms with Crippen molar-refractivity contribution in [3.63, 3.8) is 0 Å². The predicted octanol–water partition coefficient (Wildman–Crippen LogP) is 3.96. The molecule has 128 valence electrons. The Balaban J connectivity index is 2.27. The molecule has 0 saturated carbocycles. The Morgan fingerprint density at radius 1 is 1.21 bits per heavy atom. The second kappa shape index (κ2) is 9.21. The quantitative estimate of drug-likeness (QED) is 0.732. The maximum atomic E-state index is 11.3. The Morgan fingerprint density at radius 2 is 1.96 bits per heavy atom. The molecule has 0 aliphatic heterocycles. The Hall–Kier alpha value is -2.17. The molecule has 0 radical (unpaired) electrons. The van der Waals surface area contributed by atoms with Gasteiger partial charge in [-0.15, -0.1) is 0 Å². The molecule has 2 aromatic rings. The molecule has 0 heterocycles. The third kappa shape index (κ3) is 4.91. The van der Waals surface area contributed by atoms with Crippen LogP contribution in [0.2, 0.25) is 0 Å². The van der Waals surface area contributed by atoms with E-state index in [1.807, 2.05) is 36.4 Å². The van der Waals surface area contributed by atoms with Gasteiger partial charge in [0.05, 0.1) is 12.2 Å². The molecule has 0 spiro atoms. The van der Waals surface area contributed by atoms with Crippen LogP contribution in [-0.2, 0) is 11.3 Å². The van der Waals surface area contributed by atoms with Crippen molar-refractivity contribution in [2.45, 2.75) is 32.4 Å². The van der Waals surface area contributed by atoms with E-state index in [1.165, 1.54) is 0 Å². The van der Waals surface area contributed by atoms with Crippen molar-refractivity contribution in [3.05, 3.63) is 59.7 Å². The van der Waals surface area contributed by atoms with Crippen LogP contribution in [-0.4, -0.2) is 30.8 Å². The van der Waals surface area contributed by atoms with Crippen LogP contribution in [0.4, 0.5) is 0 Å². The summed E-state index contributed by atoms with van der Waals surface area (Å²) in [5.74, 6) is -0.905. The van der Waals surface area contributed by atoms with Gasteiger partial charge in [0.2, 0.25) is 0 Å². The Kier molecular flexibility index (Phi) is 6.97. The van der Waals surface area contributed by atoms with Gasteiger partial charge in [0.25, 0.3) is 0 Å². The molecular weight excluding hydrogens is 302 g/mol. The zero-order valence-corrected chi connectivity index (χ0v) is 14.3. The lowest BCUT2D eigenvalue weighted by molar-refractivity contribution is 0.0696. The Bertz CT molecular complexity index is 649. The van der Waals surface area contributed by atoms with Crippen molar-refractivity contribution in [1.29, 1.82) is 0 Å². The topological polar surface area (TPSA) is 58.6 Å². The molecule has 1 unspecified atom stereocenters. The monoisotopic (exact) mass is 327 g/mol. The van der Waals surface area contributed by atoms with Crippen molar-refractivity contribution >= 4 is 5.97 Å². The number of carboxylic acids is 1. The zero-order valence-electron chi connectivity index (χ0n) is 14.3. The van der Waals surface area contributed by atoms with Gasteiger partial charge in [0.1, 0.15) is 0 Å². The van der Waals surface area contributed by atoms with E-state index in [2.05, 4.69) is 12.2 Å². The average Bonchev–Trinajstić information content (AvgIpc) is 2.60. The van der Waals surface area contributed by atoms with Gasteiger partial charge in [0.15, 0.2) is 0 Å². The van der Waals surface area contributed by atoms with Crippen molar-refractivity contribution < 1.29 is 14.6 Å². The molecule has 2 N–H and O–H groups in total. The standard InChI is InChI=1S/C20H25NO3/c1-3-7-18(14-24-2)21-13-17-12-16(20(22)23)10-11-19(17)15-8-5-4-6-9-15/h4-6,8-12,18,21H,3,7,13-14H2,1-2H3,(H,22,23). The minimum absolute atomic E-state index is 0.261. The number of carbonyl (C=O) groups is 1. The van der Waals surface area contributed by atoms with Crippen LogP contribution in [0, 0.1) is 0 Å². The van der Waals surface area contributed by atoms with Crippen molar-refractivity contribution in [1.82, 2.24) is 5.32 Å². The molecule has 0 bridgehead atoms. The predicted molar refractivity (Wildman–Crippen MR) is 96.2 cm³/mol. The minimum atomic E-state index is -0.905. The van der Waals surface area contributed by atoms with Crippen LogP contribution in [0.15, 0.2) is 48.5 Å². The summed E-state index contributed by atoms with van der Waals surface area (Å²) in [5.41, 5.74) is 3.44. The highest BCUT2D eigenvalue weighted by Crippen LogP contribution is 2.25. The van der Waals surface area contributed by atoms with E-state index >= 15 is 0 Å². The molecule has 2 aromatic carbocycles. The van der Waals surface area contributed by atoms with Gasteiger partial charge in [-0.1, -0.05) is 49.7 Å². The lowest BCUT2D eigenvalue weighted by atomic mass is 9.97. The molecule has 0 aliphatic carbocycles. The smallest absolute Gasteiger partial charge is 0.335 e. The van der Waals surface area contributed by atoms with Crippen LogP contribution in [0.25, 0.3) is 11.1 Å². The minimum Gasteiger partial charge on any atom is -0.478 e. The fourth-order valence-corrected chi connectivity index (χ4v) is 2.82. The lowest BCUT2D eigenvalue weighted by Gasteiger charge is -2.19. The van der Waals surface area contributed by atoms with E-state index in [0.717, 1.165) is 29.5 Å². The molecule has 2 rings (SSSR count). The Morgan fingerprint density at radius 3 is 2.58 bits per heavy atom. The molecule has 1 atom stereocenters. The molecule has 0 aromatic heterocycles. The van der Waals surface area contributed by atoms with Gasteiger partial charge in [0, 0.05) is 19.7 Å². The first-order valence-corrected chi connectivity index (χ1v) is 8.29. The summed E-state index contributed by atoms with van der Waals surface area (Å²) in [4.78, 5) is 11.3.